The molecule has 2 amide bonds. The van der Waals surface area contributed by atoms with Crippen molar-refractivity contribution in [2.75, 3.05) is 18.0 Å². The number of hydrogen-bond acceptors (Lipinski definition) is 5. The first-order valence-electron chi connectivity index (χ1n) is 11.0. The van der Waals surface area contributed by atoms with Crippen molar-refractivity contribution in [1.82, 2.24) is 9.62 Å². The highest BCUT2D eigenvalue weighted by Crippen LogP contribution is 2.34. The van der Waals surface area contributed by atoms with Gasteiger partial charge in [-0.15, -0.1) is 0 Å². The Labute approximate surface area is 198 Å². The van der Waals surface area contributed by atoms with Gasteiger partial charge in [0.25, 0.3) is 0 Å². The van der Waals surface area contributed by atoms with E-state index in [1.54, 1.807) is 0 Å². The number of hydrogen-bond donors (Lipinski definition) is 2. The van der Waals surface area contributed by atoms with Crippen LogP contribution in [0.25, 0.3) is 0 Å². The average molecular weight is 486 g/mol. The average Bonchev–Trinajstić information content (AvgIpc) is 3.24. The van der Waals surface area contributed by atoms with Crippen molar-refractivity contribution in [3.63, 3.8) is 0 Å². The molecule has 2 aromatic rings. The van der Waals surface area contributed by atoms with Crippen LogP contribution in [0.2, 0.25) is 0 Å². The molecule has 3 atom stereocenters. The molecule has 0 radical (unpaired) electrons. The first-order chi connectivity index (χ1) is 16.3. The van der Waals surface area contributed by atoms with Crippen LogP contribution < -0.4 is 10.2 Å². The smallest absolute Gasteiger partial charge is 0.412 e. The first-order valence-corrected chi connectivity index (χ1v) is 12.4. The van der Waals surface area contributed by atoms with Crippen LogP contribution in [0.4, 0.5) is 10.5 Å². The molecule has 0 bridgehead atoms. The number of ether oxygens (including phenoxy) is 1. The predicted molar refractivity (Wildman–Crippen MR) is 126 cm³/mol. The quantitative estimate of drug-likeness (QED) is 0.583. The molecule has 2 aliphatic rings. The maximum Gasteiger partial charge on any atom is 0.412 e. The van der Waals surface area contributed by atoms with Gasteiger partial charge in [-0.05, 0) is 54.7 Å². The van der Waals surface area contributed by atoms with Crippen molar-refractivity contribution in [1.29, 1.82) is 0 Å². The van der Waals surface area contributed by atoms with Crippen LogP contribution in [-0.4, -0.2) is 55.3 Å². The number of fused-ring (bicyclic) bond motifs is 1. The molecule has 2 N–H and O–H groups in total. The molecule has 180 valence electrons. The van der Waals surface area contributed by atoms with E-state index in [-0.39, 0.29) is 35.9 Å². The summed E-state index contributed by atoms with van der Waals surface area (Å²) < 4.78 is 33.8. The number of anilines is 1. The summed E-state index contributed by atoms with van der Waals surface area (Å²) in [6.45, 7) is 4.13. The number of sulfonamides is 1. The topological polar surface area (TPSA) is 116 Å². The van der Waals surface area contributed by atoms with E-state index in [0.717, 1.165) is 5.56 Å². The van der Waals surface area contributed by atoms with E-state index in [9.17, 15) is 23.1 Å². The summed E-state index contributed by atoms with van der Waals surface area (Å²) in [7, 11) is -3.78. The van der Waals surface area contributed by atoms with Crippen LogP contribution in [-0.2, 0) is 26.1 Å². The zero-order valence-electron chi connectivity index (χ0n) is 18.5. The van der Waals surface area contributed by atoms with Crippen LogP contribution in [0.5, 0.6) is 0 Å². The number of rotatable bonds is 7. The summed E-state index contributed by atoms with van der Waals surface area (Å²) in [5.74, 6) is -0.151. The monoisotopic (exact) mass is 485 g/mol. The molecule has 2 heterocycles. The fraction of sp³-hybridized carbons (Fsp3) is 0.333. The molecule has 0 aliphatic carbocycles. The SMILES string of the molecule is C=CC(=O)NC1CC2CCN(S(=O)(=O)c3ccc(N(Cc4ccccc4)C(=O)O)cc3)CC2O1. The van der Waals surface area contributed by atoms with E-state index in [1.165, 1.54) is 39.5 Å². The minimum absolute atomic E-state index is 0.0919. The van der Waals surface area contributed by atoms with E-state index < -0.39 is 22.3 Å². The Morgan fingerprint density at radius 2 is 1.88 bits per heavy atom. The third-order valence-electron chi connectivity index (χ3n) is 6.20. The van der Waals surface area contributed by atoms with Crippen LogP contribution >= 0.6 is 0 Å². The van der Waals surface area contributed by atoms with E-state index in [4.69, 9.17) is 4.74 Å². The van der Waals surface area contributed by atoms with Gasteiger partial charge in [0, 0.05) is 18.8 Å². The highest BCUT2D eigenvalue weighted by molar-refractivity contribution is 7.89. The second-order valence-corrected chi connectivity index (χ2v) is 10.3. The highest BCUT2D eigenvalue weighted by Gasteiger charge is 2.42. The Hall–Kier alpha value is -3.21. The number of nitrogens with zero attached hydrogens (tertiary/aromatic N) is 2. The molecule has 2 aliphatic heterocycles. The van der Waals surface area contributed by atoms with Gasteiger partial charge in [0.15, 0.2) is 0 Å². The molecule has 0 aromatic heterocycles. The van der Waals surface area contributed by atoms with E-state index in [1.807, 2.05) is 30.3 Å². The molecule has 9 nitrogen and oxygen atoms in total. The number of piperidine rings is 1. The van der Waals surface area contributed by atoms with Gasteiger partial charge in [0.1, 0.15) is 6.23 Å². The minimum atomic E-state index is -3.78. The second kappa shape index (κ2) is 9.96. The zero-order chi connectivity index (χ0) is 24.3. The van der Waals surface area contributed by atoms with E-state index >= 15 is 0 Å². The number of benzene rings is 2. The summed E-state index contributed by atoms with van der Waals surface area (Å²) in [5, 5.41) is 12.4. The lowest BCUT2D eigenvalue weighted by Crippen LogP contribution is -2.45. The maximum absolute atomic E-state index is 13.2. The van der Waals surface area contributed by atoms with Crippen molar-refractivity contribution in [3.05, 3.63) is 72.8 Å². The first kappa shape index (κ1) is 23.9. The van der Waals surface area contributed by atoms with Crippen LogP contribution in [0, 0.1) is 5.92 Å². The van der Waals surface area contributed by atoms with Crippen molar-refractivity contribution in [3.8, 4) is 0 Å². The number of nitrogens with one attached hydrogen (secondary N) is 1. The third-order valence-corrected chi connectivity index (χ3v) is 8.08. The molecule has 0 saturated carbocycles. The lowest BCUT2D eigenvalue weighted by atomic mass is 9.94. The zero-order valence-corrected chi connectivity index (χ0v) is 19.4. The number of carboxylic acid groups (broad SMARTS) is 1. The summed E-state index contributed by atoms with van der Waals surface area (Å²) >= 11 is 0. The Balaban J connectivity index is 1.45. The van der Waals surface area contributed by atoms with Crippen molar-refractivity contribution >= 4 is 27.7 Å². The van der Waals surface area contributed by atoms with Crippen molar-refractivity contribution in [2.24, 2.45) is 5.92 Å². The summed E-state index contributed by atoms with van der Waals surface area (Å²) in [4.78, 5) is 24.6. The van der Waals surface area contributed by atoms with Gasteiger partial charge in [0.05, 0.1) is 17.5 Å². The molecular formula is C24H27N3O6S. The molecule has 34 heavy (non-hydrogen) atoms. The van der Waals surface area contributed by atoms with E-state index in [2.05, 4.69) is 11.9 Å². The highest BCUT2D eigenvalue weighted by atomic mass is 32.2. The fourth-order valence-electron chi connectivity index (χ4n) is 4.41. The Morgan fingerprint density at radius 1 is 1.18 bits per heavy atom. The molecule has 0 spiro atoms. The van der Waals surface area contributed by atoms with Gasteiger partial charge in [-0.25, -0.2) is 13.2 Å². The summed E-state index contributed by atoms with van der Waals surface area (Å²) in [6.07, 6.45) is 0.571. The van der Waals surface area contributed by atoms with Gasteiger partial charge >= 0.3 is 6.09 Å². The van der Waals surface area contributed by atoms with Gasteiger partial charge in [-0.3, -0.25) is 9.69 Å². The molecular weight excluding hydrogens is 458 g/mol. The van der Waals surface area contributed by atoms with Gasteiger partial charge in [-0.1, -0.05) is 36.9 Å². The largest absolute Gasteiger partial charge is 0.465 e. The second-order valence-electron chi connectivity index (χ2n) is 8.37. The molecule has 10 heteroatoms. The predicted octanol–water partition coefficient (Wildman–Crippen LogP) is 2.80. The van der Waals surface area contributed by atoms with Crippen molar-refractivity contribution < 1.29 is 27.9 Å². The normalized spacial score (nSPS) is 22.5. The van der Waals surface area contributed by atoms with Crippen LogP contribution in [0.1, 0.15) is 18.4 Å². The summed E-state index contributed by atoms with van der Waals surface area (Å²) in [5.41, 5.74) is 1.21. The van der Waals surface area contributed by atoms with Gasteiger partial charge < -0.3 is 15.2 Å². The van der Waals surface area contributed by atoms with Crippen molar-refractivity contribution in [2.45, 2.75) is 36.6 Å². The van der Waals surface area contributed by atoms with Gasteiger partial charge in [-0.2, -0.15) is 4.31 Å². The Kier molecular flexibility index (Phi) is 7.01. The molecule has 2 fully saturated rings. The third kappa shape index (κ3) is 5.14. The molecule has 2 aromatic carbocycles. The minimum Gasteiger partial charge on any atom is -0.465 e. The lowest BCUT2D eigenvalue weighted by Gasteiger charge is -2.33. The number of carbonyl (C=O) groups is 2. The van der Waals surface area contributed by atoms with Crippen LogP contribution in [0.3, 0.4) is 0 Å². The fourth-order valence-corrected chi connectivity index (χ4v) is 5.88. The Bertz CT molecular complexity index is 1150. The standard InChI is InChI=1S/C24H27N3O6S/c1-2-22(28)25-23-14-18-12-13-26(16-21(18)33-23)34(31,32)20-10-8-19(9-11-20)27(24(29)30)15-17-6-4-3-5-7-17/h2-11,18,21,23H,1,12-16H2,(H,25,28)(H,29,30). The Morgan fingerprint density at radius 3 is 2.53 bits per heavy atom. The molecule has 2 saturated heterocycles. The molecule has 3 unspecified atom stereocenters. The maximum atomic E-state index is 13.2. The lowest BCUT2D eigenvalue weighted by molar-refractivity contribution is -0.120. The summed E-state index contributed by atoms with van der Waals surface area (Å²) in [6, 6.07) is 15.0. The molecule has 4 rings (SSSR count). The van der Waals surface area contributed by atoms with Crippen LogP contribution in [0.15, 0.2) is 72.1 Å². The number of carbonyl (C=O) groups excluding carboxylic acids is 1. The number of amides is 2. The van der Waals surface area contributed by atoms with E-state index in [0.29, 0.717) is 25.1 Å². The van der Waals surface area contributed by atoms with Gasteiger partial charge in [0.2, 0.25) is 15.9 Å².